The van der Waals surface area contributed by atoms with Crippen molar-refractivity contribution in [2.24, 2.45) is 11.7 Å². The molecule has 1 heterocycles. The van der Waals surface area contributed by atoms with Gasteiger partial charge in [0, 0.05) is 25.0 Å². The lowest BCUT2D eigenvalue weighted by molar-refractivity contribution is -0.141. The summed E-state index contributed by atoms with van der Waals surface area (Å²) in [7, 11) is 1.58. The average molecular weight is 405 g/mol. The molecule has 0 spiro atoms. The van der Waals surface area contributed by atoms with Crippen LogP contribution in [-0.2, 0) is 17.9 Å². The van der Waals surface area contributed by atoms with Gasteiger partial charge in [-0.3, -0.25) is 4.79 Å². The number of aromatic nitrogens is 2. The third kappa shape index (κ3) is 6.34. The van der Waals surface area contributed by atoms with Crippen LogP contribution in [0, 0.1) is 5.92 Å². The van der Waals surface area contributed by atoms with Gasteiger partial charge >= 0.3 is 6.18 Å². The molecule has 0 aliphatic heterocycles. The Bertz CT molecular complexity index is 563. The van der Waals surface area contributed by atoms with Gasteiger partial charge in [0.1, 0.15) is 12.4 Å². The van der Waals surface area contributed by atoms with Gasteiger partial charge in [0.2, 0.25) is 5.91 Å². The zero-order chi connectivity index (χ0) is 17.3. The van der Waals surface area contributed by atoms with Crippen LogP contribution in [0.25, 0.3) is 0 Å². The third-order valence-electron chi connectivity index (χ3n) is 4.46. The van der Waals surface area contributed by atoms with Crippen molar-refractivity contribution in [2.75, 3.05) is 7.05 Å². The van der Waals surface area contributed by atoms with E-state index in [-0.39, 0.29) is 49.0 Å². The van der Waals surface area contributed by atoms with Crippen LogP contribution < -0.4 is 5.73 Å². The number of imidazole rings is 1. The smallest absolute Gasteiger partial charge is 0.338 e. The summed E-state index contributed by atoms with van der Waals surface area (Å²) in [5.74, 6) is -0.212. The van der Waals surface area contributed by atoms with E-state index < -0.39 is 18.3 Å². The molecule has 1 aliphatic carbocycles. The van der Waals surface area contributed by atoms with E-state index in [9.17, 15) is 18.0 Å². The molecule has 1 aliphatic rings. The number of nitrogens with zero attached hydrogens (tertiary/aromatic N) is 3. The number of amides is 1. The molecule has 2 N–H and O–H groups in total. The fraction of sp³-hybridized carbons (Fsp3) is 0.733. The summed E-state index contributed by atoms with van der Waals surface area (Å²) in [4.78, 5) is 18.0. The zero-order valence-electron chi connectivity index (χ0n) is 14.3. The molecule has 0 saturated heterocycles. The van der Waals surface area contributed by atoms with E-state index in [0.29, 0.717) is 6.42 Å². The van der Waals surface area contributed by atoms with Crippen molar-refractivity contribution in [3.63, 3.8) is 0 Å². The molecule has 25 heavy (non-hydrogen) atoms. The van der Waals surface area contributed by atoms with E-state index in [4.69, 9.17) is 5.73 Å². The standard InChI is InChI=1S/C15H23F3N4O.2ClH/c1-14(19)6-4-3-5-11(14)13(23)21(2)9-12-20-7-8-22(12)10-15(16,17)18;;/h7-8,11H,3-6,9-10,19H2,1-2H3;2*1H. The van der Waals surface area contributed by atoms with Gasteiger partial charge in [0.15, 0.2) is 0 Å². The van der Waals surface area contributed by atoms with E-state index in [0.717, 1.165) is 23.8 Å². The first-order valence-corrected chi connectivity index (χ1v) is 7.71. The first-order valence-electron chi connectivity index (χ1n) is 7.71. The van der Waals surface area contributed by atoms with Crippen molar-refractivity contribution in [1.82, 2.24) is 14.5 Å². The van der Waals surface area contributed by atoms with E-state index >= 15 is 0 Å². The zero-order valence-corrected chi connectivity index (χ0v) is 15.9. The number of hydrogen-bond donors (Lipinski definition) is 1. The minimum absolute atomic E-state index is 0. The molecule has 10 heteroatoms. The van der Waals surface area contributed by atoms with Crippen molar-refractivity contribution < 1.29 is 18.0 Å². The summed E-state index contributed by atoms with van der Waals surface area (Å²) < 4.78 is 38.6. The Kier molecular flexibility index (Phi) is 8.73. The van der Waals surface area contributed by atoms with Gasteiger partial charge < -0.3 is 15.2 Å². The SMILES string of the molecule is CN(Cc1nccn1CC(F)(F)F)C(=O)C1CCCCC1(C)N.Cl.Cl. The second-order valence-corrected chi connectivity index (χ2v) is 6.59. The van der Waals surface area contributed by atoms with Crippen molar-refractivity contribution in [2.45, 2.75) is 57.4 Å². The number of hydrogen-bond acceptors (Lipinski definition) is 3. The van der Waals surface area contributed by atoms with Gasteiger partial charge in [-0.1, -0.05) is 12.8 Å². The summed E-state index contributed by atoms with van der Waals surface area (Å²) in [5.41, 5.74) is 5.67. The highest BCUT2D eigenvalue weighted by atomic mass is 35.5. The highest BCUT2D eigenvalue weighted by molar-refractivity contribution is 5.85. The molecule has 2 atom stereocenters. The number of alkyl halides is 3. The Hall–Kier alpha value is -0.990. The molecule has 146 valence electrons. The van der Waals surface area contributed by atoms with Crippen molar-refractivity contribution in [3.05, 3.63) is 18.2 Å². The molecule has 1 amide bonds. The number of carbonyl (C=O) groups excluding carboxylic acids is 1. The Morgan fingerprint density at radius 1 is 1.44 bits per heavy atom. The normalized spacial score (nSPS) is 23.4. The molecule has 0 radical (unpaired) electrons. The topological polar surface area (TPSA) is 64.2 Å². The number of halogens is 5. The van der Waals surface area contributed by atoms with Crippen LogP contribution in [0.2, 0.25) is 0 Å². The first kappa shape index (κ1) is 24.0. The number of nitrogens with two attached hydrogens (primary N) is 1. The summed E-state index contributed by atoms with van der Waals surface area (Å²) in [6.07, 6.45) is 1.70. The van der Waals surface area contributed by atoms with Gasteiger partial charge in [-0.05, 0) is 19.8 Å². The molecule has 1 fully saturated rings. The quantitative estimate of drug-likeness (QED) is 0.837. The Morgan fingerprint density at radius 2 is 2.08 bits per heavy atom. The summed E-state index contributed by atoms with van der Waals surface area (Å²) >= 11 is 0. The summed E-state index contributed by atoms with van der Waals surface area (Å²) in [5, 5.41) is 0. The lowest BCUT2D eigenvalue weighted by Crippen LogP contribution is -2.53. The maximum atomic E-state index is 12.6. The molecule has 1 saturated carbocycles. The highest BCUT2D eigenvalue weighted by Gasteiger charge is 2.39. The Balaban J connectivity index is 0.00000288. The second-order valence-electron chi connectivity index (χ2n) is 6.59. The molecule has 1 aromatic heterocycles. The minimum Gasteiger partial charge on any atom is -0.338 e. The van der Waals surface area contributed by atoms with Crippen LogP contribution in [-0.4, -0.2) is 39.1 Å². The molecule has 0 bridgehead atoms. The summed E-state index contributed by atoms with van der Waals surface area (Å²) in [6.45, 7) is 0.796. The van der Waals surface area contributed by atoms with Crippen LogP contribution in [0.3, 0.4) is 0 Å². The van der Waals surface area contributed by atoms with Crippen LogP contribution in [0.1, 0.15) is 38.4 Å². The molecule has 2 unspecified atom stereocenters. The molecule has 5 nitrogen and oxygen atoms in total. The van der Waals surface area contributed by atoms with Gasteiger partial charge in [-0.25, -0.2) is 4.98 Å². The third-order valence-corrected chi connectivity index (χ3v) is 4.46. The van der Waals surface area contributed by atoms with E-state index in [1.165, 1.54) is 17.3 Å². The Morgan fingerprint density at radius 3 is 2.64 bits per heavy atom. The minimum atomic E-state index is -4.32. The van der Waals surface area contributed by atoms with E-state index in [1.807, 2.05) is 6.92 Å². The number of carbonyl (C=O) groups is 1. The largest absolute Gasteiger partial charge is 0.406 e. The predicted octanol–water partition coefficient (Wildman–Crippen LogP) is 3.16. The fourth-order valence-electron chi connectivity index (χ4n) is 3.15. The maximum absolute atomic E-state index is 12.6. The highest BCUT2D eigenvalue weighted by Crippen LogP contribution is 2.33. The fourth-order valence-corrected chi connectivity index (χ4v) is 3.15. The molecular formula is C15H25Cl2F3N4O. The molecule has 2 rings (SSSR count). The van der Waals surface area contributed by atoms with E-state index in [2.05, 4.69) is 4.98 Å². The number of rotatable bonds is 4. The molecule has 1 aromatic rings. The van der Waals surface area contributed by atoms with Gasteiger partial charge in [-0.2, -0.15) is 13.2 Å². The van der Waals surface area contributed by atoms with Gasteiger partial charge in [0.05, 0.1) is 12.5 Å². The monoisotopic (exact) mass is 404 g/mol. The van der Waals surface area contributed by atoms with Gasteiger partial charge in [-0.15, -0.1) is 24.8 Å². The Labute approximate surface area is 158 Å². The van der Waals surface area contributed by atoms with Crippen molar-refractivity contribution in [3.8, 4) is 0 Å². The molecular weight excluding hydrogens is 380 g/mol. The average Bonchev–Trinajstić information content (AvgIpc) is 2.82. The first-order chi connectivity index (χ1) is 10.6. The second kappa shape index (κ2) is 9.09. The maximum Gasteiger partial charge on any atom is 0.406 e. The van der Waals surface area contributed by atoms with Crippen LogP contribution >= 0.6 is 24.8 Å². The predicted molar refractivity (Wildman–Crippen MR) is 93.8 cm³/mol. The van der Waals surface area contributed by atoms with Crippen LogP contribution in [0.4, 0.5) is 13.2 Å². The van der Waals surface area contributed by atoms with Crippen LogP contribution in [0.5, 0.6) is 0 Å². The van der Waals surface area contributed by atoms with Crippen molar-refractivity contribution in [1.29, 1.82) is 0 Å². The van der Waals surface area contributed by atoms with Crippen molar-refractivity contribution >= 4 is 30.7 Å². The van der Waals surface area contributed by atoms with Gasteiger partial charge in [0.25, 0.3) is 0 Å². The lowest BCUT2D eigenvalue weighted by atomic mass is 9.74. The lowest BCUT2D eigenvalue weighted by Gasteiger charge is -2.39. The van der Waals surface area contributed by atoms with Crippen LogP contribution in [0.15, 0.2) is 12.4 Å². The van der Waals surface area contributed by atoms with E-state index in [1.54, 1.807) is 7.05 Å². The molecule has 0 aromatic carbocycles. The summed E-state index contributed by atoms with van der Waals surface area (Å²) in [6, 6.07) is 0.